The Kier molecular flexibility index (Phi) is 4.87. The molecule has 0 saturated carbocycles. The van der Waals surface area contributed by atoms with Crippen molar-refractivity contribution in [3.63, 3.8) is 0 Å². The molecular formula is C14H20ClNO2. The molecule has 4 heteroatoms. The smallest absolute Gasteiger partial charge is 0.119 e. The van der Waals surface area contributed by atoms with Crippen molar-refractivity contribution in [2.75, 3.05) is 26.1 Å². The second-order valence-corrected chi connectivity index (χ2v) is 5.05. The van der Waals surface area contributed by atoms with Crippen LogP contribution >= 0.6 is 11.6 Å². The van der Waals surface area contributed by atoms with E-state index in [0.29, 0.717) is 11.9 Å². The summed E-state index contributed by atoms with van der Waals surface area (Å²) in [5, 5.41) is 0. The van der Waals surface area contributed by atoms with Crippen molar-refractivity contribution >= 4 is 11.6 Å². The summed E-state index contributed by atoms with van der Waals surface area (Å²) in [5.41, 5.74) is 1.26. The second kappa shape index (κ2) is 6.41. The zero-order chi connectivity index (χ0) is 13.0. The average molecular weight is 270 g/mol. The lowest BCUT2D eigenvalue weighted by molar-refractivity contribution is -0.0510. The van der Waals surface area contributed by atoms with E-state index in [-0.39, 0.29) is 6.10 Å². The maximum atomic E-state index is 5.87. The number of benzene rings is 1. The Morgan fingerprint density at radius 3 is 3.06 bits per heavy atom. The topological polar surface area (TPSA) is 21.7 Å². The van der Waals surface area contributed by atoms with Crippen LogP contribution in [0, 0.1) is 0 Å². The standard InChI is InChI=1S/C14H20ClNO2/c1-11-10-18-14(7-15)9-16(11)8-12-4-3-5-13(6-12)17-2/h3-6,11,14H,7-10H2,1-2H3. The van der Waals surface area contributed by atoms with Crippen LogP contribution in [0.25, 0.3) is 0 Å². The lowest BCUT2D eigenvalue weighted by Gasteiger charge is -2.37. The van der Waals surface area contributed by atoms with Gasteiger partial charge >= 0.3 is 0 Å². The zero-order valence-corrected chi connectivity index (χ0v) is 11.7. The molecule has 1 aliphatic heterocycles. The number of ether oxygens (including phenoxy) is 2. The first-order chi connectivity index (χ1) is 8.72. The Bertz CT molecular complexity index is 386. The lowest BCUT2D eigenvalue weighted by atomic mass is 10.1. The van der Waals surface area contributed by atoms with Gasteiger partial charge in [-0.25, -0.2) is 0 Å². The van der Waals surface area contributed by atoms with Crippen molar-refractivity contribution in [3.05, 3.63) is 29.8 Å². The molecule has 0 spiro atoms. The highest BCUT2D eigenvalue weighted by molar-refractivity contribution is 6.18. The number of hydrogen-bond acceptors (Lipinski definition) is 3. The quantitative estimate of drug-likeness (QED) is 0.784. The van der Waals surface area contributed by atoms with E-state index in [1.54, 1.807) is 7.11 Å². The fraction of sp³-hybridized carbons (Fsp3) is 0.571. The van der Waals surface area contributed by atoms with E-state index in [0.717, 1.165) is 25.4 Å². The van der Waals surface area contributed by atoms with Crippen molar-refractivity contribution in [1.82, 2.24) is 4.90 Å². The second-order valence-electron chi connectivity index (χ2n) is 4.74. The van der Waals surface area contributed by atoms with Crippen LogP contribution in [0.3, 0.4) is 0 Å². The van der Waals surface area contributed by atoms with Gasteiger partial charge in [-0.2, -0.15) is 0 Å². The van der Waals surface area contributed by atoms with Crippen molar-refractivity contribution in [1.29, 1.82) is 0 Å². The van der Waals surface area contributed by atoms with E-state index in [4.69, 9.17) is 21.1 Å². The third-order valence-electron chi connectivity index (χ3n) is 3.33. The summed E-state index contributed by atoms with van der Waals surface area (Å²) in [7, 11) is 1.69. The van der Waals surface area contributed by atoms with E-state index in [2.05, 4.69) is 24.0 Å². The first-order valence-corrected chi connectivity index (χ1v) is 6.81. The molecule has 3 nitrogen and oxygen atoms in total. The normalized spacial score (nSPS) is 25.1. The maximum absolute atomic E-state index is 5.87. The Morgan fingerprint density at radius 1 is 1.50 bits per heavy atom. The molecule has 0 amide bonds. The summed E-state index contributed by atoms with van der Waals surface area (Å²) in [5.74, 6) is 1.46. The highest BCUT2D eigenvalue weighted by atomic mass is 35.5. The average Bonchev–Trinajstić information content (AvgIpc) is 2.41. The number of rotatable bonds is 4. The van der Waals surface area contributed by atoms with E-state index < -0.39 is 0 Å². The largest absolute Gasteiger partial charge is 0.497 e. The highest BCUT2D eigenvalue weighted by Crippen LogP contribution is 2.19. The number of nitrogens with zero attached hydrogens (tertiary/aromatic N) is 1. The fourth-order valence-corrected chi connectivity index (χ4v) is 2.38. The van der Waals surface area contributed by atoms with E-state index in [1.807, 2.05) is 12.1 Å². The molecule has 0 aromatic heterocycles. The number of hydrogen-bond donors (Lipinski definition) is 0. The SMILES string of the molecule is COc1cccc(CN2CC(CCl)OCC2C)c1. The number of alkyl halides is 1. The van der Waals surface area contributed by atoms with Crippen LogP contribution in [-0.2, 0) is 11.3 Å². The molecule has 2 unspecified atom stereocenters. The molecule has 1 saturated heterocycles. The predicted octanol–water partition coefficient (Wildman–Crippen LogP) is 2.52. The van der Waals surface area contributed by atoms with Crippen molar-refractivity contribution in [2.45, 2.75) is 25.6 Å². The summed E-state index contributed by atoms with van der Waals surface area (Å²) in [6.45, 7) is 4.74. The number of morpholine rings is 1. The van der Waals surface area contributed by atoms with Crippen molar-refractivity contribution < 1.29 is 9.47 Å². The van der Waals surface area contributed by atoms with E-state index >= 15 is 0 Å². The summed E-state index contributed by atoms with van der Waals surface area (Å²) in [4.78, 5) is 2.41. The summed E-state index contributed by atoms with van der Waals surface area (Å²) in [6, 6.07) is 8.63. The minimum atomic E-state index is 0.147. The van der Waals surface area contributed by atoms with Crippen LogP contribution in [0.1, 0.15) is 12.5 Å². The predicted molar refractivity (Wildman–Crippen MR) is 73.3 cm³/mol. The Balaban J connectivity index is 2.02. The van der Waals surface area contributed by atoms with Gasteiger partial charge in [0, 0.05) is 25.0 Å². The van der Waals surface area contributed by atoms with Crippen LogP contribution in [-0.4, -0.2) is 43.2 Å². The molecule has 1 aromatic rings. The fourth-order valence-electron chi connectivity index (χ4n) is 2.19. The third-order valence-corrected chi connectivity index (χ3v) is 3.67. The van der Waals surface area contributed by atoms with Gasteiger partial charge in [-0.15, -0.1) is 11.6 Å². The highest BCUT2D eigenvalue weighted by Gasteiger charge is 2.25. The number of methoxy groups -OCH3 is 1. The summed E-state index contributed by atoms with van der Waals surface area (Å²) in [6.07, 6.45) is 0.147. The summed E-state index contributed by atoms with van der Waals surface area (Å²) >= 11 is 5.87. The van der Waals surface area contributed by atoms with Gasteiger partial charge in [0.25, 0.3) is 0 Å². The van der Waals surface area contributed by atoms with E-state index in [9.17, 15) is 0 Å². The van der Waals surface area contributed by atoms with Gasteiger partial charge in [0.2, 0.25) is 0 Å². The molecule has 1 aromatic carbocycles. The maximum Gasteiger partial charge on any atom is 0.119 e. The minimum absolute atomic E-state index is 0.147. The van der Waals surface area contributed by atoms with Crippen LogP contribution in [0.2, 0.25) is 0 Å². The van der Waals surface area contributed by atoms with Gasteiger partial charge in [-0.05, 0) is 24.6 Å². The molecule has 0 aliphatic carbocycles. The molecule has 0 N–H and O–H groups in total. The van der Waals surface area contributed by atoms with Crippen LogP contribution in [0.15, 0.2) is 24.3 Å². The third kappa shape index (κ3) is 3.37. The van der Waals surface area contributed by atoms with Gasteiger partial charge < -0.3 is 9.47 Å². The van der Waals surface area contributed by atoms with Gasteiger partial charge in [-0.3, -0.25) is 4.90 Å². The number of halogens is 1. The molecule has 100 valence electrons. The molecule has 1 aliphatic rings. The van der Waals surface area contributed by atoms with Gasteiger partial charge in [0.15, 0.2) is 0 Å². The molecule has 0 radical (unpaired) electrons. The molecular weight excluding hydrogens is 250 g/mol. The minimum Gasteiger partial charge on any atom is -0.497 e. The zero-order valence-electron chi connectivity index (χ0n) is 10.9. The van der Waals surface area contributed by atoms with E-state index in [1.165, 1.54) is 5.56 Å². The molecule has 18 heavy (non-hydrogen) atoms. The van der Waals surface area contributed by atoms with Gasteiger partial charge in [0.1, 0.15) is 5.75 Å². The molecule has 2 atom stereocenters. The van der Waals surface area contributed by atoms with Crippen molar-refractivity contribution in [3.8, 4) is 5.75 Å². The van der Waals surface area contributed by atoms with Crippen LogP contribution in [0.5, 0.6) is 5.75 Å². The van der Waals surface area contributed by atoms with Gasteiger partial charge in [0.05, 0.1) is 19.8 Å². The van der Waals surface area contributed by atoms with Crippen LogP contribution in [0.4, 0.5) is 0 Å². The molecule has 0 bridgehead atoms. The molecule has 2 rings (SSSR count). The molecule has 1 heterocycles. The molecule has 1 fully saturated rings. The lowest BCUT2D eigenvalue weighted by Crippen LogP contribution is -2.48. The first-order valence-electron chi connectivity index (χ1n) is 6.27. The Morgan fingerprint density at radius 2 is 2.33 bits per heavy atom. The Labute approximate surface area is 114 Å². The summed E-state index contributed by atoms with van der Waals surface area (Å²) < 4.78 is 10.9. The Hall–Kier alpha value is -0.770. The van der Waals surface area contributed by atoms with Gasteiger partial charge in [-0.1, -0.05) is 12.1 Å². The van der Waals surface area contributed by atoms with Crippen molar-refractivity contribution in [2.24, 2.45) is 0 Å². The van der Waals surface area contributed by atoms with Crippen LogP contribution < -0.4 is 4.74 Å². The first kappa shape index (κ1) is 13.7. The monoisotopic (exact) mass is 269 g/mol.